The fourth-order valence-electron chi connectivity index (χ4n) is 2.29. The molecule has 1 aromatic rings. The second kappa shape index (κ2) is 6.75. The largest absolute Gasteiger partial charge is 0.464 e. The van der Waals surface area contributed by atoms with Gasteiger partial charge in [-0.05, 0) is 37.1 Å². The summed E-state index contributed by atoms with van der Waals surface area (Å²) in [7, 11) is 1.33. The van der Waals surface area contributed by atoms with Gasteiger partial charge in [0.25, 0.3) is 0 Å². The molecule has 1 aromatic heterocycles. The maximum atomic E-state index is 11.2. The minimum absolute atomic E-state index is 0.235. The van der Waals surface area contributed by atoms with Gasteiger partial charge in [-0.1, -0.05) is 6.92 Å². The summed E-state index contributed by atoms with van der Waals surface area (Å²) in [5.41, 5.74) is 0.235. The van der Waals surface area contributed by atoms with Gasteiger partial charge in [0.2, 0.25) is 0 Å². The maximum Gasteiger partial charge on any atom is 0.358 e. The Morgan fingerprint density at radius 2 is 2.32 bits per heavy atom. The van der Waals surface area contributed by atoms with Gasteiger partial charge < -0.3 is 10.1 Å². The van der Waals surface area contributed by atoms with Crippen molar-refractivity contribution in [2.45, 2.75) is 37.5 Å². The van der Waals surface area contributed by atoms with Gasteiger partial charge in [0.1, 0.15) is 5.82 Å². The molecule has 1 heterocycles. The van der Waals surface area contributed by atoms with Crippen molar-refractivity contribution < 1.29 is 9.53 Å². The highest BCUT2D eigenvalue weighted by Gasteiger charge is 2.24. The summed E-state index contributed by atoms with van der Waals surface area (Å²) in [4.78, 5) is 11.2. The zero-order valence-corrected chi connectivity index (χ0v) is 12.1. The minimum Gasteiger partial charge on any atom is -0.464 e. The van der Waals surface area contributed by atoms with Gasteiger partial charge in [-0.15, -0.1) is 10.2 Å². The lowest BCUT2D eigenvalue weighted by Crippen LogP contribution is -2.17. The first-order valence-electron chi connectivity index (χ1n) is 6.53. The van der Waals surface area contributed by atoms with E-state index in [0.29, 0.717) is 6.04 Å². The number of thioether (sulfide) groups is 1. The first-order chi connectivity index (χ1) is 9.22. The number of carbonyl (C=O) groups is 1. The van der Waals surface area contributed by atoms with E-state index in [-0.39, 0.29) is 5.69 Å². The van der Waals surface area contributed by atoms with Crippen molar-refractivity contribution in [2.75, 3.05) is 18.2 Å². The molecule has 6 heteroatoms. The number of hydrogen-bond donors (Lipinski definition) is 1. The van der Waals surface area contributed by atoms with Gasteiger partial charge in [-0.25, -0.2) is 4.79 Å². The van der Waals surface area contributed by atoms with E-state index < -0.39 is 5.97 Å². The Bertz CT molecular complexity index is 424. The van der Waals surface area contributed by atoms with E-state index in [4.69, 9.17) is 0 Å². The predicted octanol–water partition coefficient (Wildman–Crippen LogP) is 2.35. The zero-order chi connectivity index (χ0) is 13.7. The normalized spacial score (nSPS) is 22.2. The Morgan fingerprint density at radius 3 is 2.95 bits per heavy atom. The molecule has 0 aliphatic heterocycles. The van der Waals surface area contributed by atoms with E-state index in [1.807, 2.05) is 11.8 Å². The molecule has 0 radical (unpaired) electrons. The minimum atomic E-state index is -0.459. The van der Waals surface area contributed by atoms with Crippen LogP contribution in [0.1, 0.15) is 36.7 Å². The number of nitrogens with zero attached hydrogens (tertiary/aromatic N) is 2. The van der Waals surface area contributed by atoms with Gasteiger partial charge >= 0.3 is 5.97 Å². The molecule has 104 valence electrons. The molecule has 19 heavy (non-hydrogen) atoms. The van der Waals surface area contributed by atoms with Crippen LogP contribution in [0.5, 0.6) is 0 Å². The first kappa shape index (κ1) is 14.1. The summed E-state index contributed by atoms with van der Waals surface area (Å²) in [6, 6.07) is 3.87. The van der Waals surface area contributed by atoms with Crippen molar-refractivity contribution in [3.63, 3.8) is 0 Å². The number of nitrogens with one attached hydrogen (secondary N) is 1. The molecule has 1 fully saturated rings. The van der Waals surface area contributed by atoms with Crippen molar-refractivity contribution in [3.8, 4) is 0 Å². The molecule has 1 N–H and O–H groups in total. The Kier molecular flexibility index (Phi) is 5.01. The number of esters is 1. The number of methoxy groups -OCH3 is 1. The lowest BCUT2D eigenvalue weighted by Gasteiger charge is -2.13. The SMILES string of the molecule is CCSC1CCC(Nc2ccc(C(=O)OC)nn2)C1. The molecular weight excluding hydrogens is 262 g/mol. The third-order valence-corrected chi connectivity index (χ3v) is 4.43. The lowest BCUT2D eigenvalue weighted by molar-refractivity contribution is 0.0593. The van der Waals surface area contributed by atoms with E-state index in [2.05, 4.69) is 27.2 Å². The van der Waals surface area contributed by atoms with E-state index in [0.717, 1.165) is 17.5 Å². The van der Waals surface area contributed by atoms with Crippen LogP contribution in [0.2, 0.25) is 0 Å². The second-order valence-electron chi connectivity index (χ2n) is 4.53. The molecule has 2 rings (SSSR count). The highest BCUT2D eigenvalue weighted by molar-refractivity contribution is 7.99. The second-order valence-corrected chi connectivity index (χ2v) is 6.10. The van der Waals surface area contributed by atoms with Crippen molar-refractivity contribution in [1.29, 1.82) is 0 Å². The van der Waals surface area contributed by atoms with Crippen molar-refractivity contribution >= 4 is 23.5 Å². The number of anilines is 1. The molecule has 2 unspecified atom stereocenters. The predicted molar refractivity (Wildman–Crippen MR) is 76.6 cm³/mol. The molecule has 0 bridgehead atoms. The molecule has 0 spiro atoms. The number of rotatable bonds is 5. The molecule has 2 atom stereocenters. The van der Waals surface area contributed by atoms with Crippen LogP contribution in [0.4, 0.5) is 5.82 Å². The van der Waals surface area contributed by atoms with Crippen molar-refractivity contribution in [3.05, 3.63) is 17.8 Å². The summed E-state index contributed by atoms with van der Waals surface area (Å²) in [5, 5.41) is 12.0. The molecule has 0 saturated heterocycles. The Balaban J connectivity index is 1.88. The number of ether oxygens (including phenoxy) is 1. The molecule has 0 amide bonds. The van der Waals surface area contributed by atoms with Crippen LogP contribution in [0.25, 0.3) is 0 Å². The number of aromatic nitrogens is 2. The molecule has 1 aliphatic carbocycles. The van der Waals surface area contributed by atoms with E-state index in [9.17, 15) is 4.79 Å². The van der Waals surface area contributed by atoms with Gasteiger partial charge in [0, 0.05) is 11.3 Å². The maximum absolute atomic E-state index is 11.2. The smallest absolute Gasteiger partial charge is 0.358 e. The van der Waals surface area contributed by atoms with Gasteiger partial charge in [0.15, 0.2) is 5.69 Å². The van der Waals surface area contributed by atoms with Crippen LogP contribution in [-0.2, 0) is 4.74 Å². The Hall–Kier alpha value is -1.30. The fraction of sp³-hybridized carbons (Fsp3) is 0.615. The lowest BCUT2D eigenvalue weighted by atomic mass is 10.2. The van der Waals surface area contributed by atoms with Gasteiger partial charge in [-0.3, -0.25) is 0 Å². The molecular formula is C13H19N3O2S. The van der Waals surface area contributed by atoms with Crippen LogP contribution in [0.3, 0.4) is 0 Å². The van der Waals surface area contributed by atoms with Crippen molar-refractivity contribution in [2.24, 2.45) is 0 Å². The van der Waals surface area contributed by atoms with E-state index >= 15 is 0 Å². The number of hydrogen-bond acceptors (Lipinski definition) is 6. The third kappa shape index (κ3) is 3.83. The van der Waals surface area contributed by atoms with Crippen LogP contribution < -0.4 is 5.32 Å². The fourth-order valence-corrected chi connectivity index (χ4v) is 3.43. The quantitative estimate of drug-likeness (QED) is 0.836. The van der Waals surface area contributed by atoms with Crippen LogP contribution in [0.15, 0.2) is 12.1 Å². The summed E-state index contributed by atoms with van der Waals surface area (Å²) >= 11 is 2.03. The van der Waals surface area contributed by atoms with E-state index in [1.165, 1.54) is 25.7 Å². The van der Waals surface area contributed by atoms with Crippen LogP contribution >= 0.6 is 11.8 Å². The van der Waals surface area contributed by atoms with Crippen molar-refractivity contribution in [1.82, 2.24) is 10.2 Å². The molecule has 1 saturated carbocycles. The topological polar surface area (TPSA) is 64.1 Å². The summed E-state index contributed by atoms with van der Waals surface area (Å²) in [5.74, 6) is 1.43. The molecule has 5 nitrogen and oxygen atoms in total. The summed E-state index contributed by atoms with van der Waals surface area (Å²) in [6.07, 6.45) is 3.58. The molecule has 0 aromatic carbocycles. The highest BCUT2D eigenvalue weighted by atomic mass is 32.2. The number of carbonyl (C=O) groups excluding carboxylic acids is 1. The average Bonchev–Trinajstić information content (AvgIpc) is 2.86. The van der Waals surface area contributed by atoms with E-state index in [1.54, 1.807) is 12.1 Å². The van der Waals surface area contributed by atoms with Crippen LogP contribution in [0, 0.1) is 0 Å². The summed E-state index contributed by atoms with van der Waals surface area (Å²) < 4.78 is 4.59. The summed E-state index contributed by atoms with van der Waals surface area (Å²) in [6.45, 7) is 2.20. The first-order valence-corrected chi connectivity index (χ1v) is 7.58. The average molecular weight is 281 g/mol. The standard InChI is InChI=1S/C13H19N3O2S/c1-3-19-10-5-4-9(8-10)14-12-7-6-11(15-16-12)13(17)18-2/h6-7,9-10H,3-5,8H2,1-2H3,(H,14,16). The van der Waals surface area contributed by atoms with Gasteiger partial charge in [0.05, 0.1) is 7.11 Å². The zero-order valence-electron chi connectivity index (χ0n) is 11.3. The Morgan fingerprint density at radius 1 is 1.47 bits per heavy atom. The van der Waals surface area contributed by atoms with Gasteiger partial charge in [-0.2, -0.15) is 11.8 Å². The van der Waals surface area contributed by atoms with Crippen LogP contribution in [-0.4, -0.2) is 40.3 Å². The highest BCUT2D eigenvalue weighted by Crippen LogP contribution is 2.31. The monoisotopic (exact) mass is 281 g/mol. The third-order valence-electron chi connectivity index (χ3n) is 3.20. The molecule has 1 aliphatic rings. The Labute approximate surface area is 117 Å².